The number of nitrogens with one attached hydrogen (secondary N) is 2. The van der Waals surface area contributed by atoms with Crippen LogP contribution in [0.2, 0.25) is 10.0 Å². The van der Waals surface area contributed by atoms with Gasteiger partial charge in [-0.05, 0) is 49.3 Å². The third-order valence-electron chi connectivity index (χ3n) is 7.30. The maximum Gasteiger partial charge on any atom is 0.326 e. The average molecular weight is 577 g/mol. The summed E-state index contributed by atoms with van der Waals surface area (Å²) in [6.45, 7) is 0.262. The molecule has 1 aromatic heterocycles. The van der Waals surface area contributed by atoms with E-state index in [0.717, 1.165) is 25.7 Å². The second kappa shape index (κ2) is 12.8. The Morgan fingerprint density at radius 2 is 1.72 bits per heavy atom. The van der Waals surface area contributed by atoms with Crippen LogP contribution in [0, 0.1) is 5.92 Å². The van der Waals surface area contributed by atoms with Gasteiger partial charge in [0.1, 0.15) is 12.1 Å². The van der Waals surface area contributed by atoms with Crippen molar-refractivity contribution in [2.24, 2.45) is 5.92 Å². The minimum absolute atomic E-state index is 0.00115. The van der Waals surface area contributed by atoms with Gasteiger partial charge in [-0.1, -0.05) is 35.3 Å². The van der Waals surface area contributed by atoms with Gasteiger partial charge in [0, 0.05) is 37.7 Å². The predicted octanol–water partition coefficient (Wildman–Crippen LogP) is 3.56. The van der Waals surface area contributed by atoms with E-state index in [0.29, 0.717) is 11.3 Å². The molecule has 2 aromatic rings. The number of hydrogen-bond donors (Lipinski definition) is 3. The Bertz CT molecular complexity index is 1210. The number of halogens is 2. The number of pyridine rings is 1. The molecule has 2 aliphatic heterocycles. The molecule has 12 heteroatoms. The van der Waals surface area contributed by atoms with Crippen LogP contribution in [0.5, 0.6) is 0 Å². The number of amides is 3. The molecule has 1 aromatic carbocycles. The molecule has 1 saturated carbocycles. The lowest BCUT2D eigenvalue weighted by molar-refractivity contribution is -0.155. The molecule has 0 spiro atoms. The summed E-state index contributed by atoms with van der Waals surface area (Å²) in [5, 5.41) is 15.5. The fraction of sp³-hybridized carbons (Fsp3) is 0.444. The monoisotopic (exact) mass is 576 g/mol. The highest BCUT2D eigenvalue weighted by Gasteiger charge is 2.47. The number of carbonyl (C=O) groups excluding carboxylic acids is 3. The maximum absolute atomic E-state index is 13.4. The third-order valence-corrected chi connectivity index (χ3v) is 7.88. The number of methoxy groups -OCH3 is 1. The summed E-state index contributed by atoms with van der Waals surface area (Å²) in [4.78, 5) is 56.4. The Hall–Kier alpha value is -3.21. The van der Waals surface area contributed by atoms with Gasteiger partial charge in [0.15, 0.2) is 0 Å². The molecule has 208 valence electrons. The van der Waals surface area contributed by atoms with Crippen molar-refractivity contribution in [3.8, 4) is 0 Å². The van der Waals surface area contributed by atoms with Crippen LogP contribution in [0.15, 0.2) is 36.7 Å². The van der Waals surface area contributed by atoms with Crippen LogP contribution in [0.1, 0.15) is 48.0 Å². The number of carbonyl (C=O) groups is 4. The topological polar surface area (TPSA) is 138 Å². The van der Waals surface area contributed by atoms with E-state index in [1.54, 1.807) is 29.2 Å². The van der Waals surface area contributed by atoms with Crippen molar-refractivity contribution in [1.82, 2.24) is 15.2 Å². The standard InChI is InChI=1S/C27H30Cl2N4O6/c1-39-11-10-22(34)33-18-8-4-16(5-9-18)24(33)26(36)32-21(27(37)38)12-15-2-6-17(7-3-15)31-25(35)23-19(28)13-30-14-20(23)29/h2-3,6-7,13-14,16,18,21,24H,4-5,8-12H2,1H3,(H,31,35)(H,32,36)(H,37,38)/t16?,18?,21-,24-/m0/s1. The summed E-state index contributed by atoms with van der Waals surface area (Å²) in [5.41, 5.74) is 1.18. The van der Waals surface area contributed by atoms with E-state index < -0.39 is 29.9 Å². The Morgan fingerprint density at radius 1 is 1.08 bits per heavy atom. The van der Waals surface area contributed by atoms with Crippen molar-refractivity contribution in [3.63, 3.8) is 0 Å². The lowest BCUT2D eigenvalue weighted by Crippen LogP contribution is -2.64. The molecule has 2 saturated heterocycles. The van der Waals surface area contributed by atoms with Crippen molar-refractivity contribution >= 4 is 52.6 Å². The number of carboxylic acids is 1. The first kappa shape index (κ1) is 28.8. The van der Waals surface area contributed by atoms with E-state index in [2.05, 4.69) is 15.6 Å². The van der Waals surface area contributed by atoms with Crippen LogP contribution in [0.25, 0.3) is 0 Å². The van der Waals surface area contributed by atoms with E-state index in [1.807, 2.05) is 0 Å². The molecular formula is C27H30Cl2N4O6. The second-order valence-electron chi connectivity index (χ2n) is 9.79. The predicted molar refractivity (Wildman–Crippen MR) is 145 cm³/mol. The molecule has 3 aliphatic rings. The number of rotatable bonds is 10. The van der Waals surface area contributed by atoms with Crippen LogP contribution in [-0.4, -0.2) is 70.5 Å². The zero-order valence-electron chi connectivity index (χ0n) is 21.4. The molecular weight excluding hydrogens is 547 g/mol. The minimum atomic E-state index is -1.19. The largest absolute Gasteiger partial charge is 0.480 e. The normalized spacial score (nSPS) is 20.8. The van der Waals surface area contributed by atoms with E-state index in [9.17, 15) is 24.3 Å². The lowest BCUT2D eigenvalue weighted by Gasteiger charge is -2.50. The van der Waals surface area contributed by atoms with Crippen LogP contribution in [-0.2, 0) is 25.5 Å². The summed E-state index contributed by atoms with van der Waals surface area (Å²) in [6.07, 6.45) is 6.19. The highest BCUT2D eigenvalue weighted by molar-refractivity contribution is 6.40. The first-order chi connectivity index (χ1) is 18.7. The van der Waals surface area contributed by atoms with Crippen molar-refractivity contribution in [2.75, 3.05) is 19.0 Å². The molecule has 10 nitrogen and oxygen atoms in total. The van der Waals surface area contributed by atoms with E-state index in [4.69, 9.17) is 27.9 Å². The highest BCUT2D eigenvalue weighted by atomic mass is 35.5. The van der Waals surface area contributed by atoms with Gasteiger partial charge < -0.3 is 25.4 Å². The molecule has 5 rings (SSSR count). The van der Waals surface area contributed by atoms with E-state index in [1.165, 1.54) is 19.5 Å². The Labute approximate surface area is 236 Å². The molecule has 0 unspecified atom stereocenters. The molecule has 3 fully saturated rings. The number of benzene rings is 1. The second-order valence-corrected chi connectivity index (χ2v) is 10.6. The summed E-state index contributed by atoms with van der Waals surface area (Å²) in [7, 11) is 1.52. The fourth-order valence-corrected chi connectivity index (χ4v) is 5.94. The number of piperidine rings is 2. The Kier molecular flexibility index (Phi) is 9.42. The van der Waals surface area contributed by atoms with Crippen molar-refractivity contribution in [1.29, 1.82) is 0 Å². The van der Waals surface area contributed by atoms with Gasteiger partial charge in [0.25, 0.3) is 5.91 Å². The zero-order chi connectivity index (χ0) is 28.1. The number of fused-ring (bicyclic) bond motifs is 3. The molecule has 0 radical (unpaired) electrons. The minimum Gasteiger partial charge on any atom is -0.480 e. The highest BCUT2D eigenvalue weighted by Crippen LogP contribution is 2.40. The first-order valence-corrected chi connectivity index (χ1v) is 13.5. The van der Waals surface area contributed by atoms with Gasteiger partial charge in [-0.25, -0.2) is 4.79 Å². The van der Waals surface area contributed by atoms with Crippen LogP contribution in [0.3, 0.4) is 0 Å². The molecule has 3 N–H and O–H groups in total. The third kappa shape index (κ3) is 6.69. The number of carboxylic acid groups (broad SMARTS) is 1. The molecule has 39 heavy (non-hydrogen) atoms. The van der Waals surface area contributed by atoms with Crippen LogP contribution in [0.4, 0.5) is 5.69 Å². The van der Waals surface area contributed by atoms with Crippen molar-refractivity contribution < 1.29 is 29.0 Å². The fourth-order valence-electron chi connectivity index (χ4n) is 5.41. The molecule has 2 bridgehead atoms. The summed E-state index contributed by atoms with van der Waals surface area (Å²) in [5.74, 6) is -2.29. The molecule has 2 atom stereocenters. The van der Waals surface area contributed by atoms with Crippen LogP contribution < -0.4 is 10.6 Å². The average Bonchev–Trinajstić information content (AvgIpc) is 2.92. The lowest BCUT2D eigenvalue weighted by atomic mass is 9.74. The summed E-state index contributed by atoms with van der Waals surface area (Å²) < 4.78 is 5.04. The number of ether oxygens (including phenoxy) is 1. The Balaban J connectivity index is 1.42. The van der Waals surface area contributed by atoms with Gasteiger partial charge in [0.05, 0.1) is 28.6 Å². The SMILES string of the molecule is COCCC(=O)N1C2CCC(CC2)[C@H]1C(=O)N[C@@H](Cc1ccc(NC(=O)c2c(Cl)cncc2Cl)cc1)C(=O)O. The van der Waals surface area contributed by atoms with Gasteiger partial charge in [-0.2, -0.15) is 0 Å². The smallest absolute Gasteiger partial charge is 0.326 e. The number of anilines is 1. The quantitative estimate of drug-likeness (QED) is 0.393. The maximum atomic E-state index is 13.4. The van der Waals surface area contributed by atoms with Gasteiger partial charge >= 0.3 is 5.97 Å². The number of aliphatic carboxylic acids is 1. The van der Waals surface area contributed by atoms with Gasteiger partial charge in [-0.15, -0.1) is 0 Å². The van der Waals surface area contributed by atoms with E-state index in [-0.39, 0.29) is 52.9 Å². The summed E-state index contributed by atoms with van der Waals surface area (Å²) in [6, 6.07) is 4.67. The van der Waals surface area contributed by atoms with Crippen molar-refractivity contribution in [3.05, 3.63) is 57.8 Å². The van der Waals surface area contributed by atoms with Gasteiger partial charge in [0.2, 0.25) is 11.8 Å². The van der Waals surface area contributed by atoms with E-state index >= 15 is 0 Å². The van der Waals surface area contributed by atoms with Gasteiger partial charge in [-0.3, -0.25) is 19.4 Å². The van der Waals surface area contributed by atoms with Crippen LogP contribution >= 0.6 is 23.2 Å². The van der Waals surface area contributed by atoms with Crippen molar-refractivity contribution in [2.45, 2.75) is 56.7 Å². The number of hydrogen-bond acceptors (Lipinski definition) is 6. The molecule has 3 heterocycles. The Morgan fingerprint density at radius 3 is 2.31 bits per heavy atom. The summed E-state index contributed by atoms with van der Waals surface area (Å²) >= 11 is 12.1. The zero-order valence-corrected chi connectivity index (χ0v) is 22.9. The number of nitrogens with zero attached hydrogens (tertiary/aromatic N) is 2. The molecule has 3 amide bonds. The first-order valence-electron chi connectivity index (χ1n) is 12.7. The molecule has 1 aliphatic carbocycles. The number of aromatic nitrogens is 1.